The molecule has 0 atom stereocenters. The molecule has 0 unspecified atom stereocenters. The van der Waals surface area contributed by atoms with Crippen molar-refractivity contribution in [3.8, 4) is 23.7 Å². The number of thioether (sulfide) groups is 1. The third-order valence-corrected chi connectivity index (χ3v) is 5.46. The van der Waals surface area contributed by atoms with Crippen molar-refractivity contribution in [2.75, 3.05) is 5.75 Å². The summed E-state index contributed by atoms with van der Waals surface area (Å²) in [7, 11) is 0. The normalized spacial score (nSPS) is 9.65. The summed E-state index contributed by atoms with van der Waals surface area (Å²) in [5.74, 6) is 14.0. The summed E-state index contributed by atoms with van der Waals surface area (Å²) >= 11 is 3.72. The van der Waals surface area contributed by atoms with Crippen molar-refractivity contribution < 1.29 is 0 Å². The first kappa shape index (κ1) is 17.7. The van der Waals surface area contributed by atoms with Crippen LogP contribution in [0.2, 0.25) is 0 Å². The molecule has 0 spiro atoms. The molecule has 2 heteroatoms. The summed E-state index contributed by atoms with van der Waals surface area (Å²) in [6.07, 6.45) is 4.59. The van der Waals surface area contributed by atoms with Gasteiger partial charge in [0.05, 0.1) is 9.09 Å². The standard InChI is InChI=1S/C21H22S2/c1-3-5-7-8-18-9-11-19(12-10-18)13-14-20-15-16-21(23-20)22-17-6-4-2/h9-12,15-16H,3-6,17H2,1-2H3. The lowest BCUT2D eigenvalue weighted by atomic mass is 10.1. The molecular formula is C21H22S2. The fourth-order valence-corrected chi connectivity index (χ4v) is 3.99. The van der Waals surface area contributed by atoms with E-state index in [1.807, 2.05) is 36.0 Å². The number of thiophene rings is 1. The lowest BCUT2D eigenvalue weighted by molar-refractivity contribution is 0.896. The highest BCUT2D eigenvalue weighted by Gasteiger charge is 1.98. The van der Waals surface area contributed by atoms with Crippen LogP contribution in [0.5, 0.6) is 0 Å². The Hall–Kier alpha value is -1.61. The predicted octanol–water partition coefficient (Wildman–Crippen LogP) is 6.19. The first-order chi connectivity index (χ1) is 11.3. The van der Waals surface area contributed by atoms with E-state index in [1.165, 1.54) is 22.8 Å². The minimum Gasteiger partial charge on any atom is -0.120 e. The average molecular weight is 339 g/mol. The van der Waals surface area contributed by atoms with Gasteiger partial charge in [0, 0.05) is 17.5 Å². The highest BCUT2D eigenvalue weighted by atomic mass is 32.2. The molecule has 1 aromatic heterocycles. The molecule has 1 aromatic carbocycles. The maximum atomic E-state index is 3.26. The second-order valence-corrected chi connectivity index (χ2v) is 7.68. The lowest BCUT2D eigenvalue weighted by Gasteiger charge is -1.94. The first-order valence-electron chi connectivity index (χ1n) is 8.15. The Bertz CT molecular complexity index is 715. The maximum Gasteiger partial charge on any atom is 0.0784 e. The van der Waals surface area contributed by atoms with Crippen molar-refractivity contribution in [1.82, 2.24) is 0 Å². The molecule has 118 valence electrons. The lowest BCUT2D eigenvalue weighted by Crippen LogP contribution is -1.77. The van der Waals surface area contributed by atoms with Gasteiger partial charge in [0.2, 0.25) is 0 Å². The quantitative estimate of drug-likeness (QED) is 0.356. The largest absolute Gasteiger partial charge is 0.120 e. The molecule has 0 saturated carbocycles. The van der Waals surface area contributed by atoms with Crippen molar-refractivity contribution in [3.63, 3.8) is 0 Å². The monoisotopic (exact) mass is 338 g/mol. The van der Waals surface area contributed by atoms with Crippen LogP contribution >= 0.6 is 23.1 Å². The molecule has 0 amide bonds. The molecule has 0 nitrogen and oxygen atoms in total. The van der Waals surface area contributed by atoms with Gasteiger partial charge < -0.3 is 0 Å². The zero-order valence-corrected chi connectivity index (χ0v) is 15.4. The van der Waals surface area contributed by atoms with Gasteiger partial charge in [0.25, 0.3) is 0 Å². The van der Waals surface area contributed by atoms with Crippen LogP contribution in [0.4, 0.5) is 0 Å². The third-order valence-electron chi connectivity index (χ3n) is 3.15. The van der Waals surface area contributed by atoms with Crippen molar-refractivity contribution in [2.45, 2.75) is 43.7 Å². The molecule has 0 saturated heterocycles. The minimum atomic E-state index is 0.957. The van der Waals surface area contributed by atoms with Gasteiger partial charge in [-0.2, -0.15) is 0 Å². The number of hydrogen-bond donors (Lipinski definition) is 0. The zero-order valence-electron chi connectivity index (χ0n) is 13.8. The van der Waals surface area contributed by atoms with E-state index in [1.54, 1.807) is 11.3 Å². The van der Waals surface area contributed by atoms with Crippen molar-refractivity contribution in [1.29, 1.82) is 0 Å². The highest BCUT2D eigenvalue weighted by Crippen LogP contribution is 2.27. The van der Waals surface area contributed by atoms with E-state index in [2.05, 4.69) is 49.7 Å². The third kappa shape index (κ3) is 6.57. The topological polar surface area (TPSA) is 0 Å². The van der Waals surface area contributed by atoms with E-state index in [0.29, 0.717) is 0 Å². The molecule has 2 aromatic rings. The summed E-state index contributed by atoms with van der Waals surface area (Å²) in [5, 5.41) is 0. The van der Waals surface area contributed by atoms with Gasteiger partial charge in [-0.15, -0.1) is 23.1 Å². The summed E-state index contributed by atoms with van der Waals surface area (Å²) in [6, 6.07) is 12.5. The fraction of sp³-hybridized carbons (Fsp3) is 0.333. The number of benzene rings is 1. The van der Waals surface area contributed by atoms with E-state index in [0.717, 1.165) is 28.8 Å². The minimum absolute atomic E-state index is 0.957. The van der Waals surface area contributed by atoms with Gasteiger partial charge in [0.15, 0.2) is 0 Å². The number of unbranched alkanes of at least 4 members (excludes halogenated alkanes) is 2. The molecule has 0 aliphatic carbocycles. The molecule has 0 bridgehead atoms. The molecule has 2 rings (SSSR count). The van der Waals surface area contributed by atoms with Crippen LogP contribution in [0.3, 0.4) is 0 Å². The molecule has 0 aliphatic heterocycles. The van der Waals surface area contributed by atoms with Crippen LogP contribution in [-0.4, -0.2) is 5.75 Å². The molecule has 0 aliphatic rings. The molecular weight excluding hydrogens is 316 g/mol. The Morgan fingerprint density at radius 3 is 2.30 bits per heavy atom. The Morgan fingerprint density at radius 1 is 0.870 bits per heavy atom. The van der Waals surface area contributed by atoms with Crippen LogP contribution < -0.4 is 0 Å². The van der Waals surface area contributed by atoms with E-state index in [-0.39, 0.29) is 0 Å². The first-order valence-corrected chi connectivity index (χ1v) is 9.95. The zero-order chi connectivity index (χ0) is 16.3. The molecule has 23 heavy (non-hydrogen) atoms. The van der Waals surface area contributed by atoms with E-state index < -0.39 is 0 Å². The fourth-order valence-electron chi connectivity index (χ4n) is 1.84. The van der Waals surface area contributed by atoms with Crippen molar-refractivity contribution in [3.05, 3.63) is 52.4 Å². The summed E-state index contributed by atoms with van der Waals surface area (Å²) < 4.78 is 1.37. The molecule has 1 heterocycles. The second kappa shape index (κ2) is 10.2. The van der Waals surface area contributed by atoms with Crippen molar-refractivity contribution in [2.24, 2.45) is 0 Å². The van der Waals surface area contributed by atoms with E-state index in [4.69, 9.17) is 0 Å². The van der Waals surface area contributed by atoms with Crippen LogP contribution in [0, 0.1) is 23.7 Å². The van der Waals surface area contributed by atoms with Gasteiger partial charge >= 0.3 is 0 Å². The summed E-state index contributed by atoms with van der Waals surface area (Å²) in [4.78, 5) is 1.14. The predicted molar refractivity (Wildman–Crippen MR) is 104 cm³/mol. The van der Waals surface area contributed by atoms with Gasteiger partial charge in [-0.05, 0) is 55.0 Å². The van der Waals surface area contributed by atoms with Crippen LogP contribution in [0.1, 0.15) is 55.5 Å². The second-order valence-electron chi connectivity index (χ2n) is 5.20. The van der Waals surface area contributed by atoms with E-state index in [9.17, 15) is 0 Å². The Morgan fingerprint density at radius 2 is 1.61 bits per heavy atom. The molecule has 0 fully saturated rings. The smallest absolute Gasteiger partial charge is 0.0784 e. The van der Waals surface area contributed by atoms with Crippen LogP contribution in [0.15, 0.2) is 40.6 Å². The van der Waals surface area contributed by atoms with Gasteiger partial charge in [-0.25, -0.2) is 0 Å². The van der Waals surface area contributed by atoms with Crippen LogP contribution in [-0.2, 0) is 0 Å². The number of rotatable bonds is 5. The Kier molecular flexibility index (Phi) is 7.88. The Balaban J connectivity index is 1.95. The van der Waals surface area contributed by atoms with Crippen LogP contribution in [0.25, 0.3) is 0 Å². The maximum absolute atomic E-state index is 3.26. The average Bonchev–Trinajstić information content (AvgIpc) is 3.02. The van der Waals surface area contributed by atoms with Gasteiger partial charge in [-0.3, -0.25) is 0 Å². The summed E-state index contributed by atoms with van der Waals surface area (Å²) in [6.45, 7) is 4.37. The van der Waals surface area contributed by atoms with E-state index >= 15 is 0 Å². The molecule has 0 N–H and O–H groups in total. The van der Waals surface area contributed by atoms with Gasteiger partial charge in [-0.1, -0.05) is 44.0 Å². The number of hydrogen-bond acceptors (Lipinski definition) is 2. The molecule has 0 radical (unpaired) electrons. The van der Waals surface area contributed by atoms with Gasteiger partial charge in [0.1, 0.15) is 0 Å². The SMILES string of the molecule is CCCC#Cc1ccc(C#Cc2ccc(SCCCC)s2)cc1. The van der Waals surface area contributed by atoms with Crippen molar-refractivity contribution >= 4 is 23.1 Å². The Labute approximate surface area is 148 Å². The highest BCUT2D eigenvalue weighted by molar-refractivity contribution is 8.01. The summed E-state index contributed by atoms with van der Waals surface area (Å²) in [5.41, 5.74) is 2.11.